The molecule has 0 saturated heterocycles. The van der Waals surface area contributed by atoms with Gasteiger partial charge in [-0.05, 0) is 34.1 Å². The van der Waals surface area contributed by atoms with Crippen molar-refractivity contribution in [3.8, 4) is 11.4 Å². The Morgan fingerprint density at radius 3 is 2.89 bits per heavy atom. The highest BCUT2D eigenvalue weighted by Crippen LogP contribution is 2.29. The lowest BCUT2D eigenvalue weighted by Gasteiger charge is -2.02. The average Bonchev–Trinajstić information content (AvgIpc) is 2.71. The molecule has 2 aromatic heterocycles. The Morgan fingerprint density at radius 2 is 2.11 bits per heavy atom. The average molecular weight is 342 g/mol. The van der Waals surface area contributed by atoms with Gasteiger partial charge in [0.25, 0.3) is 5.56 Å². The fourth-order valence-corrected chi connectivity index (χ4v) is 3.34. The van der Waals surface area contributed by atoms with Gasteiger partial charge in [-0.1, -0.05) is 23.7 Å². The van der Waals surface area contributed by atoms with Crippen molar-refractivity contribution in [3.05, 3.63) is 49.5 Å². The number of hydrogen-bond donors (Lipinski definition) is 1. The van der Waals surface area contributed by atoms with Gasteiger partial charge in [-0.15, -0.1) is 11.3 Å². The van der Waals surface area contributed by atoms with Crippen molar-refractivity contribution in [2.24, 2.45) is 0 Å². The van der Waals surface area contributed by atoms with Crippen LogP contribution in [0.3, 0.4) is 0 Å². The van der Waals surface area contributed by atoms with E-state index in [0.717, 1.165) is 9.35 Å². The largest absolute Gasteiger partial charge is 0.305 e. The van der Waals surface area contributed by atoms with Crippen molar-refractivity contribution >= 4 is 49.1 Å². The Bertz CT molecular complexity index is 796. The maximum Gasteiger partial charge on any atom is 0.269 e. The second-order valence-electron chi connectivity index (χ2n) is 3.66. The van der Waals surface area contributed by atoms with Crippen molar-refractivity contribution in [3.63, 3.8) is 0 Å². The minimum atomic E-state index is -0.148. The summed E-state index contributed by atoms with van der Waals surface area (Å²) >= 11 is 10.8. The van der Waals surface area contributed by atoms with E-state index in [9.17, 15) is 4.79 Å². The Balaban J connectivity index is 2.31. The van der Waals surface area contributed by atoms with Crippen LogP contribution in [0.4, 0.5) is 0 Å². The normalized spacial score (nSPS) is 11.0. The van der Waals surface area contributed by atoms with E-state index < -0.39 is 0 Å². The number of hydrogen-bond acceptors (Lipinski definition) is 3. The lowest BCUT2D eigenvalue weighted by atomic mass is 10.2. The Kier molecular flexibility index (Phi) is 2.97. The number of H-pyrrole nitrogens is 1. The Labute approximate surface area is 120 Å². The smallest absolute Gasteiger partial charge is 0.269 e. The van der Waals surface area contributed by atoms with E-state index in [1.165, 1.54) is 11.3 Å². The number of aromatic nitrogens is 2. The maximum absolute atomic E-state index is 11.9. The first-order chi connectivity index (χ1) is 8.65. The van der Waals surface area contributed by atoms with Crippen molar-refractivity contribution < 1.29 is 0 Å². The SMILES string of the molecule is O=c1[nH]c(-c2ccccc2Cl)nc2cc(Br)sc12. The molecule has 0 aliphatic heterocycles. The third-order valence-corrected chi connectivity index (χ3v) is 4.44. The van der Waals surface area contributed by atoms with Gasteiger partial charge in [-0.3, -0.25) is 4.79 Å². The molecule has 0 saturated carbocycles. The van der Waals surface area contributed by atoms with Crippen molar-refractivity contribution in [1.29, 1.82) is 0 Å². The van der Waals surface area contributed by atoms with E-state index in [2.05, 4.69) is 25.9 Å². The monoisotopic (exact) mass is 340 g/mol. The lowest BCUT2D eigenvalue weighted by molar-refractivity contribution is 1.19. The van der Waals surface area contributed by atoms with Gasteiger partial charge in [0.15, 0.2) is 0 Å². The molecule has 0 bridgehead atoms. The first kappa shape index (κ1) is 11.9. The van der Waals surface area contributed by atoms with Crippen LogP contribution in [0.1, 0.15) is 0 Å². The van der Waals surface area contributed by atoms with Gasteiger partial charge < -0.3 is 4.98 Å². The summed E-state index contributed by atoms with van der Waals surface area (Å²) in [7, 11) is 0. The third kappa shape index (κ3) is 1.98. The molecule has 0 aliphatic rings. The van der Waals surface area contributed by atoms with Crippen LogP contribution < -0.4 is 5.56 Å². The van der Waals surface area contributed by atoms with Crippen LogP contribution in [-0.4, -0.2) is 9.97 Å². The topological polar surface area (TPSA) is 45.8 Å². The molecule has 0 atom stereocenters. The molecule has 0 aliphatic carbocycles. The van der Waals surface area contributed by atoms with Crippen LogP contribution in [0.5, 0.6) is 0 Å². The van der Waals surface area contributed by atoms with E-state index in [4.69, 9.17) is 11.6 Å². The van der Waals surface area contributed by atoms with E-state index in [1.807, 2.05) is 24.3 Å². The van der Waals surface area contributed by atoms with Gasteiger partial charge in [0.2, 0.25) is 0 Å². The second kappa shape index (κ2) is 4.50. The minimum Gasteiger partial charge on any atom is -0.305 e. The van der Waals surface area contributed by atoms with Crippen molar-refractivity contribution in [2.45, 2.75) is 0 Å². The number of nitrogens with zero attached hydrogens (tertiary/aromatic N) is 1. The third-order valence-electron chi connectivity index (χ3n) is 2.48. The number of nitrogens with one attached hydrogen (secondary N) is 1. The molecule has 0 spiro atoms. The molecule has 0 radical (unpaired) electrons. The van der Waals surface area contributed by atoms with Gasteiger partial charge in [0, 0.05) is 5.56 Å². The predicted molar refractivity (Wildman–Crippen MR) is 78.4 cm³/mol. The highest BCUT2D eigenvalue weighted by Gasteiger charge is 2.10. The summed E-state index contributed by atoms with van der Waals surface area (Å²) in [6.45, 7) is 0. The molecule has 6 heteroatoms. The fourth-order valence-electron chi connectivity index (χ4n) is 1.69. The fraction of sp³-hybridized carbons (Fsp3) is 0. The summed E-state index contributed by atoms with van der Waals surface area (Å²) in [4.78, 5) is 19.1. The van der Waals surface area contributed by atoms with Gasteiger partial charge in [0.1, 0.15) is 10.5 Å². The summed E-state index contributed by atoms with van der Waals surface area (Å²) in [5.41, 5.74) is 1.25. The molecule has 1 aromatic carbocycles. The zero-order valence-electron chi connectivity index (χ0n) is 8.91. The molecule has 0 amide bonds. The zero-order valence-corrected chi connectivity index (χ0v) is 12.1. The van der Waals surface area contributed by atoms with Gasteiger partial charge in [-0.2, -0.15) is 0 Å². The number of halogens is 2. The van der Waals surface area contributed by atoms with Crippen LogP contribution in [0.2, 0.25) is 5.02 Å². The lowest BCUT2D eigenvalue weighted by Crippen LogP contribution is -2.07. The van der Waals surface area contributed by atoms with Crippen molar-refractivity contribution in [1.82, 2.24) is 9.97 Å². The summed E-state index contributed by atoms with van der Waals surface area (Å²) in [5, 5.41) is 0.564. The second-order valence-corrected chi connectivity index (χ2v) is 6.50. The highest BCUT2D eigenvalue weighted by molar-refractivity contribution is 9.11. The molecule has 0 fully saturated rings. The molecule has 3 rings (SSSR count). The summed E-state index contributed by atoms with van der Waals surface area (Å²) in [6.07, 6.45) is 0. The van der Waals surface area contributed by atoms with Crippen LogP contribution in [-0.2, 0) is 0 Å². The van der Waals surface area contributed by atoms with Crippen LogP contribution in [0, 0.1) is 0 Å². The van der Waals surface area contributed by atoms with Gasteiger partial charge >= 0.3 is 0 Å². The quantitative estimate of drug-likeness (QED) is 0.725. The summed E-state index contributed by atoms with van der Waals surface area (Å²) < 4.78 is 1.49. The molecular weight excluding hydrogens is 336 g/mol. The Hall–Kier alpha value is -1.17. The zero-order chi connectivity index (χ0) is 12.7. The molecule has 2 heterocycles. The summed E-state index contributed by atoms with van der Waals surface area (Å²) in [6, 6.07) is 9.12. The van der Waals surface area contributed by atoms with E-state index >= 15 is 0 Å². The number of thiophene rings is 1. The van der Waals surface area contributed by atoms with Gasteiger partial charge in [-0.25, -0.2) is 4.98 Å². The molecule has 90 valence electrons. The number of benzene rings is 1. The molecule has 0 unspecified atom stereocenters. The predicted octanol–water partition coefficient (Wildman–Crippen LogP) is 4.07. The standard InChI is InChI=1S/C12H6BrClN2OS/c13-9-5-8-10(18-9)12(17)16-11(15-8)6-3-1-2-4-7(6)14/h1-5H,(H,15,16,17). The van der Waals surface area contributed by atoms with Crippen LogP contribution in [0.15, 0.2) is 38.9 Å². The highest BCUT2D eigenvalue weighted by atomic mass is 79.9. The number of rotatable bonds is 1. The van der Waals surface area contributed by atoms with E-state index in [-0.39, 0.29) is 5.56 Å². The van der Waals surface area contributed by atoms with Crippen LogP contribution >= 0.6 is 38.9 Å². The van der Waals surface area contributed by atoms with Crippen molar-refractivity contribution in [2.75, 3.05) is 0 Å². The molecule has 3 aromatic rings. The van der Waals surface area contributed by atoms with Crippen LogP contribution in [0.25, 0.3) is 21.6 Å². The molecule has 1 N–H and O–H groups in total. The Morgan fingerprint density at radius 1 is 1.33 bits per heavy atom. The molecular formula is C12H6BrClN2OS. The first-order valence-corrected chi connectivity index (χ1v) is 7.08. The van der Waals surface area contributed by atoms with E-state index in [0.29, 0.717) is 21.1 Å². The molecule has 18 heavy (non-hydrogen) atoms. The maximum atomic E-state index is 11.9. The molecule has 3 nitrogen and oxygen atoms in total. The van der Waals surface area contributed by atoms with Gasteiger partial charge in [0.05, 0.1) is 14.3 Å². The summed E-state index contributed by atoms with van der Waals surface area (Å²) in [5.74, 6) is 0.489. The number of aromatic amines is 1. The minimum absolute atomic E-state index is 0.148. The first-order valence-electron chi connectivity index (χ1n) is 5.09. The number of fused-ring (bicyclic) bond motifs is 1. The van der Waals surface area contributed by atoms with E-state index in [1.54, 1.807) is 6.07 Å².